The third-order valence-electron chi connectivity index (χ3n) is 5.13. The van der Waals surface area contributed by atoms with Crippen molar-refractivity contribution in [2.75, 3.05) is 14.2 Å². The Bertz CT molecular complexity index is 1250. The van der Waals surface area contributed by atoms with Crippen molar-refractivity contribution in [2.45, 2.75) is 29.8 Å². The predicted molar refractivity (Wildman–Crippen MR) is 116 cm³/mol. The van der Waals surface area contributed by atoms with E-state index >= 15 is 0 Å². The number of hydrogen-bond acceptors (Lipinski definition) is 8. The van der Waals surface area contributed by atoms with E-state index < -0.39 is 0 Å². The summed E-state index contributed by atoms with van der Waals surface area (Å²) in [6.45, 7) is 0. The van der Waals surface area contributed by atoms with Crippen LogP contribution in [0.1, 0.15) is 24.8 Å². The molecule has 8 nitrogen and oxygen atoms in total. The van der Waals surface area contributed by atoms with Gasteiger partial charge in [0, 0.05) is 12.1 Å². The van der Waals surface area contributed by atoms with Crippen LogP contribution in [0.25, 0.3) is 22.8 Å². The van der Waals surface area contributed by atoms with E-state index in [0.29, 0.717) is 51.1 Å². The molecular weight excluding hydrogens is 433 g/mol. The molecule has 0 spiro atoms. The Hall–Kier alpha value is -3.40. The SMILES string of the molecule is COc1ccc(-c2noc(CSc3nnc(-c4ccccc4F)n3C3CC3)n2)c(OC)c1. The predicted octanol–water partition coefficient (Wildman–Crippen LogP) is 4.78. The van der Waals surface area contributed by atoms with Gasteiger partial charge in [0.1, 0.15) is 17.3 Å². The zero-order valence-electron chi connectivity index (χ0n) is 17.5. The highest BCUT2D eigenvalue weighted by molar-refractivity contribution is 7.98. The second-order valence-corrected chi connectivity index (χ2v) is 8.20. The summed E-state index contributed by atoms with van der Waals surface area (Å²) in [5.41, 5.74) is 1.15. The van der Waals surface area contributed by atoms with Crippen molar-refractivity contribution >= 4 is 11.8 Å². The number of hydrogen-bond donors (Lipinski definition) is 0. The number of nitrogens with zero attached hydrogens (tertiary/aromatic N) is 5. The van der Waals surface area contributed by atoms with Crippen molar-refractivity contribution in [3.63, 3.8) is 0 Å². The number of methoxy groups -OCH3 is 2. The number of ether oxygens (including phenoxy) is 2. The molecule has 0 bridgehead atoms. The topological polar surface area (TPSA) is 88.1 Å². The first-order valence-corrected chi connectivity index (χ1v) is 11.0. The van der Waals surface area contributed by atoms with E-state index in [1.165, 1.54) is 17.8 Å². The lowest BCUT2D eigenvalue weighted by Gasteiger charge is -2.08. The molecule has 0 atom stereocenters. The monoisotopic (exact) mass is 453 g/mol. The second kappa shape index (κ2) is 8.62. The number of thioether (sulfide) groups is 1. The quantitative estimate of drug-likeness (QED) is 0.352. The molecule has 5 rings (SSSR count). The largest absolute Gasteiger partial charge is 0.497 e. The minimum absolute atomic E-state index is 0.281. The first kappa shape index (κ1) is 20.5. The standard InChI is InChI=1S/C22H20FN5O3S/c1-29-14-9-10-16(18(11-14)30-2)20-24-19(31-27-20)12-32-22-26-25-21(28(22)13-7-8-13)15-5-3-4-6-17(15)23/h3-6,9-11,13H,7-8,12H2,1-2H3. The fourth-order valence-electron chi connectivity index (χ4n) is 3.40. The summed E-state index contributed by atoms with van der Waals surface area (Å²) in [6, 6.07) is 12.3. The summed E-state index contributed by atoms with van der Waals surface area (Å²) < 4.78 is 32.4. The van der Waals surface area contributed by atoms with Crippen molar-refractivity contribution in [3.8, 4) is 34.3 Å². The van der Waals surface area contributed by atoms with Crippen LogP contribution in [0.2, 0.25) is 0 Å². The molecule has 1 aliphatic rings. The van der Waals surface area contributed by atoms with Gasteiger partial charge in [0.15, 0.2) is 11.0 Å². The lowest BCUT2D eigenvalue weighted by atomic mass is 10.2. The molecule has 2 aromatic heterocycles. The Labute approximate surface area is 187 Å². The Morgan fingerprint density at radius 3 is 2.69 bits per heavy atom. The van der Waals surface area contributed by atoms with E-state index in [-0.39, 0.29) is 11.9 Å². The van der Waals surface area contributed by atoms with E-state index in [0.717, 1.165) is 12.8 Å². The smallest absolute Gasteiger partial charge is 0.237 e. The fraction of sp³-hybridized carbons (Fsp3) is 0.273. The van der Waals surface area contributed by atoms with Crippen LogP contribution in [0.4, 0.5) is 4.39 Å². The van der Waals surface area contributed by atoms with E-state index in [1.54, 1.807) is 38.5 Å². The maximum Gasteiger partial charge on any atom is 0.237 e. The summed E-state index contributed by atoms with van der Waals surface area (Å²) in [4.78, 5) is 4.49. The summed E-state index contributed by atoms with van der Waals surface area (Å²) >= 11 is 1.43. The highest BCUT2D eigenvalue weighted by Gasteiger charge is 2.31. The Morgan fingerprint density at radius 2 is 1.94 bits per heavy atom. The average Bonchev–Trinajstić information content (AvgIpc) is 3.40. The molecule has 0 amide bonds. The van der Waals surface area contributed by atoms with Crippen molar-refractivity contribution in [1.82, 2.24) is 24.9 Å². The van der Waals surface area contributed by atoms with Crippen molar-refractivity contribution in [3.05, 3.63) is 54.2 Å². The maximum absolute atomic E-state index is 14.3. The van der Waals surface area contributed by atoms with E-state index in [1.807, 2.05) is 16.7 Å². The molecule has 1 saturated carbocycles. The molecule has 2 aromatic carbocycles. The van der Waals surface area contributed by atoms with Crippen LogP contribution in [0.5, 0.6) is 11.5 Å². The normalized spacial score (nSPS) is 13.3. The Morgan fingerprint density at radius 1 is 1.09 bits per heavy atom. The van der Waals surface area contributed by atoms with Crippen LogP contribution in [-0.2, 0) is 5.75 Å². The molecule has 0 saturated heterocycles. The molecule has 4 aromatic rings. The fourth-order valence-corrected chi connectivity index (χ4v) is 4.24. The zero-order chi connectivity index (χ0) is 22.1. The summed E-state index contributed by atoms with van der Waals surface area (Å²) in [5.74, 6) is 2.78. The van der Waals surface area contributed by atoms with Crippen molar-refractivity contribution in [2.24, 2.45) is 0 Å². The summed E-state index contributed by atoms with van der Waals surface area (Å²) in [6.07, 6.45) is 2.05. The molecule has 0 N–H and O–H groups in total. The molecular formula is C22H20FN5O3S. The number of rotatable bonds is 8. The van der Waals surface area contributed by atoms with Gasteiger partial charge in [-0.1, -0.05) is 29.1 Å². The van der Waals surface area contributed by atoms with Gasteiger partial charge in [-0.3, -0.25) is 4.57 Å². The molecule has 0 radical (unpaired) electrons. The van der Waals surface area contributed by atoms with Gasteiger partial charge in [-0.25, -0.2) is 4.39 Å². The molecule has 1 fully saturated rings. The van der Waals surface area contributed by atoms with Gasteiger partial charge < -0.3 is 14.0 Å². The van der Waals surface area contributed by atoms with Gasteiger partial charge in [-0.2, -0.15) is 4.98 Å². The highest BCUT2D eigenvalue weighted by atomic mass is 32.2. The number of halogens is 1. The van der Waals surface area contributed by atoms with Crippen LogP contribution >= 0.6 is 11.8 Å². The van der Waals surface area contributed by atoms with E-state index in [4.69, 9.17) is 14.0 Å². The van der Waals surface area contributed by atoms with Crippen LogP contribution in [0, 0.1) is 5.82 Å². The molecule has 0 aliphatic heterocycles. The maximum atomic E-state index is 14.3. The third kappa shape index (κ3) is 3.93. The van der Waals surface area contributed by atoms with Gasteiger partial charge in [0.25, 0.3) is 0 Å². The van der Waals surface area contributed by atoms with Gasteiger partial charge in [-0.15, -0.1) is 10.2 Å². The molecule has 10 heteroatoms. The molecule has 2 heterocycles. The van der Waals surface area contributed by atoms with E-state index in [9.17, 15) is 4.39 Å². The van der Waals surface area contributed by atoms with Crippen molar-refractivity contribution in [1.29, 1.82) is 0 Å². The lowest BCUT2D eigenvalue weighted by Crippen LogP contribution is -2.01. The third-order valence-corrected chi connectivity index (χ3v) is 6.06. The molecule has 0 unspecified atom stereocenters. The first-order valence-electron chi connectivity index (χ1n) is 10.1. The average molecular weight is 453 g/mol. The minimum atomic E-state index is -0.312. The van der Waals surface area contributed by atoms with Gasteiger partial charge in [0.2, 0.25) is 11.7 Å². The summed E-state index contributed by atoms with van der Waals surface area (Å²) in [7, 11) is 3.17. The van der Waals surface area contributed by atoms with Gasteiger partial charge >= 0.3 is 0 Å². The van der Waals surface area contributed by atoms with Crippen LogP contribution < -0.4 is 9.47 Å². The van der Waals surface area contributed by atoms with Crippen LogP contribution in [0.15, 0.2) is 52.1 Å². The minimum Gasteiger partial charge on any atom is -0.497 e. The van der Waals surface area contributed by atoms with Gasteiger partial charge in [-0.05, 0) is 37.1 Å². The van der Waals surface area contributed by atoms with Gasteiger partial charge in [0.05, 0.1) is 31.1 Å². The van der Waals surface area contributed by atoms with Crippen LogP contribution in [-0.4, -0.2) is 39.1 Å². The number of aromatic nitrogens is 5. The lowest BCUT2D eigenvalue weighted by molar-refractivity contribution is 0.388. The second-order valence-electron chi connectivity index (χ2n) is 7.25. The first-order chi connectivity index (χ1) is 15.7. The van der Waals surface area contributed by atoms with E-state index in [2.05, 4.69) is 20.3 Å². The molecule has 1 aliphatic carbocycles. The number of benzene rings is 2. The zero-order valence-corrected chi connectivity index (χ0v) is 18.3. The summed E-state index contributed by atoms with van der Waals surface area (Å²) in [5, 5.41) is 13.4. The highest BCUT2D eigenvalue weighted by Crippen LogP contribution is 2.42. The Kier molecular flexibility index (Phi) is 5.52. The van der Waals surface area contributed by atoms with Crippen LogP contribution in [0.3, 0.4) is 0 Å². The molecule has 32 heavy (non-hydrogen) atoms. The Balaban J connectivity index is 1.37. The van der Waals surface area contributed by atoms with Crippen molar-refractivity contribution < 1.29 is 18.4 Å². The molecule has 164 valence electrons.